The van der Waals surface area contributed by atoms with Gasteiger partial charge >= 0.3 is 0 Å². The van der Waals surface area contributed by atoms with Gasteiger partial charge in [-0.2, -0.15) is 0 Å². The molecule has 1 saturated carbocycles. The summed E-state index contributed by atoms with van der Waals surface area (Å²) in [5.41, 5.74) is 9.06. The van der Waals surface area contributed by atoms with Crippen LogP contribution in [0.2, 0.25) is 0 Å². The van der Waals surface area contributed by atoms with Gasteiger partial charge in [-0.25, -0.2) is 0 Å². The second-order valence-electron chi connectivity index (χ2n) is 10.4. The van der Waals surface area contributed by atoms with Crippen molar-refractivity contribution in [1.82, 2.24) is 19.9 Å². The lowest BCUT2D eigenvalue weighted by molar-refractivity contribution is 0.212. The van der Waals surface area contributed by atoms with Gasteiger partial charge in [0.05, 0.1) is 22.8 Å². The van der Waals surface area contributed by atoms with Crippen molar-refractivity contribution in [3.63, 3.8) is 0 Å². The molecule has 0 aliphatic heterocycles. The summed E-state index contributed by atoms with van der Waals surface area (Å²) >= 11 is 0. The van der Waals surface area contributed by atoms with Crippen LogP contribution in [0.25, 0.3) is 22.8 Å². The summed E-state index contributed by atoms with van der Waals surface area (Å²) in [5.74, 6) is 1.60. The van der Waals surface area contributed by atoms with Crippen molar-refractivity contribution in [2.75, 3.05) is 0 Å². The van der Waals surface area contributed by atoms with Gasteiger partial charge in [-0.05, 0) is 122 Å². The smallest absolute Gasteiger partial charge is 0.0888 e. The highest BCUT2D eigenvalue weighted by Crippen LogP contribution is 2.36. The van der Waals surface area contributed by atoms with Gasteiger partial charge < -0.3 is 0 Å². The zero-order valence-corrected chi connectivity index (χ0v) is 21.5. The predicted molar refractivity (Wildman–Crippen MR) is 146 cm³/mol. The van der Waals surface area contributed by atoms with Gasteiger partial charge in [-0.15, -0.1) is 0 Å². The molecule has 0 aromatic carbocycles. The lowest BCUT2D eigenvalue weighted by Crippen LogP contribution is -2.21. The molecular formula is C32H36N4. The molecule has 4 aromatic rings. The molecule has 36 heavy (non-hydrogen) atoms. The van der Waals surface area contributed by atoms with Crippen molar-refractivity contribution in [3.8, 4) is 22.8 Å². The highest BCUT2D eigenvalue weighted by molar-refractivity contribution is 5.56. The first kappa shape index (κ1) is 24.3. The molecule has 1 fully saturated rings. The summed E-state index contributed by atoms with van der Waals surface area (Å²) < 4.78 is 0. The zero-order chi connectivity index (χ0) is 24.7. The minimum Gasteiger partial charge on any atom is -0.255 e. The first-order valence-electron chi connectivity index (χ1n) is 13.4. The van der Waals surface area contributed by atoms with Crippen LogP contribution >= 0.6 is 0 Å². The van der Waals surface area contributed by atoms with Crippen LogP contribution in [0, 0.1) is 25.7 Å². The van der Waals surface area contributed by atoms with E-state index in [0.717, 1.165) is 47.5 Å². The Hall–Kier alpha value is -3.40. The van der Waals surface area contributed by atoms with E-state index in [1.54, 1.807) is 0 Å². The van der Waals surface area contributed by atoms with Gasteiger partial charge in [-0.3, -0.25) is 19.9 Å². The number of hydrogen-bond donors (Lipinski definition) is 0. The van der Waals surface area contributed by atoms with Gasteiger partial charge in [-0.1, -0.05) is 25.7 Å². The molecule has 0 spiro atoms. The Morgan fingerprint density at radius 2 is 0.944 bits per heavy atom. The Bertz CT molecular complexity index is 1200. The fourth-order valence-electron chi connectivity index (χ4n) is 5.64. The van der Waals surface area contributed by atoms with Crippen LogP contribution in [-0.2, 0) is 12.8 Å². The normalized spacial score (nSPS) is 17.7. The van der Waals surface area contributed by atoms with Crippen molar-refractivity contribution in [2.24, 2.45) is 11.8 Å². The fourth-order valence-corrected chi connectivity index (χ4v) is 5.64. The van der Waals surface area contributed by atoms with Crippen LogP contribution in [0.15, 0.2) is 73.3 Å². The molecule has 184 valence electrons. The first-order valence-corrected chi connectivity index (χ1v) is 13.4. The zero-order valence-electron chi connectivity index (χ0n) is 21.5. The van der Waals surface area contributed by atoms with Crippen molar-refractivity contribution in [3.05, 3.63) is 95.6 Å². The largest absolute Gasteiger partial charge is 0.255 e. The van der Waals surface area contributed by atoms with E-state index < -0.39 is 0 Å². The first-order chi connectivity index (χ1) is 17.6. The summed E-state index contributed by atoms with van der Waals surface area (Å²) in [4.78, 5) is 18.2. The van der Waals surface area contributed by atoms with E-state index in [4.69, 9.17) is 0 Å². The maximum atomic E-state index is 4.59. The van der Waals surface area contributed by atoms with Crippen molar-refractivity contribution >= 4 is 0 Å². The van der Waals surface area contributed by atoms with Crippen molar-refractivity contribution in [1.29, 1.82) is 0 Å². The molecule has 1 aliphatic carbocycles. The van der Waals surface area contributed by atoms with Gasteiger partial charge in [0.1, 0.15) is 0 Å². The molecule has 1 aliphatic rings. The summed E-state index contributed by atoms with van der Waals surface area (Å²) in [7, 11) is 0. The molecule has 4 heterocycles. The van der Waals surface area contributed by atoms with Crippen molar-refractivity contribution in [2.45, 2.75) is 65.2 Å². The number of aryl methyl sites for hydroxylation is 4. The molecule has 0 N–H and O–H groups in total. The predicted octanol–water partition coefficient (Wildman–Crippen LogP) is 7.59. The SMILES string of the molecule is Cc1ccnc(-c2cc(CC[C@H]3CCCC[C@@H]3CCc3ccnc(-c4cc(C)ccn4)c3)ccn2)c1. The number of pyridine rings is 4. The van der Waals surface area contributed by atoms with Crippen LogP contribution in [0.4, 0.5) is 0 Å². The van der Waals surface area contributed by atoms with E-state index in [0.29, 0.717) is 0 Å². The average molecular weight is 477 g/mol. The molecular weight excluding hydrogens is 440 g/mol. The van der Waals surface area contributed by atoms with E-state index >= 15 is 0 Å². The molecule has 5 rings (SSSR count). The van der Waals surface area contributed by atoms with E-state index in [2.05, 4.69) is 70.2 Å². The van der Waals surface area contributed by atoms with Gasteiger partial charge in [0.2, 0.25) is 0 Å². The maximum Gasteiger partial charge on any atom is 0.0888 e. The quantitative estimate of drug-likeness (QED) is 0.263. The average Bonchev–Trinajstić information content (AvgIpc) is 2.91. The van der Waals surface area contributed by atoms with E-state index in [9.17, 15) is 0 Å². The summed E-state index contributed by atoms with van der Waals surface area (Å²) in [5, 5.41) is 0. The third-order valence-electron chi connectivity index (χ3n) is 7.68. The number of rotatable bonds is 8. The van der Waals surface area contributed by atoms with Crippen molar-refractivity contribution < 1.29 is 0 Å². The Balaban J connectivity index is 1.21. The Morgan fingerprint density at radius 1 is 0.556 bits per heavy atom. The second kappa shape index (κ2) is 11.6. The number of aromatic nitrogens is 4. The van der Waals surface area contributed by atoms with E-state index in [1.165, 1.54) is 60.8 Å². The van der Waals surface area contributed by atoms with E-state index in [1.807, 2.05) is 36.9 Å². The second-order valence-corrected chi connectivity index (χ2v) is 10.4. The van der Waals surface area contributed by atoms with Crippen LogP contribution in [0.5, 0.6) is 0 Å². The molecule has 0 amide bonds. The standard InChI is InChI=1S/C32H36N4/c1-23-11-15-33-29(19-23)31-21-25(13-17-35-31)7-9-27-5-3-4-6-28(27)10-8-26-14-18-36-32(22-26)30-20-24(2)12-16-34-30/h11-22,27-28H,3-10H2,1-2H3/t27-,28-/m1/s1. The van der Waals surface area contributed by atoms with Gasteiger partial charge in [0.15, 0.2) is 0 Å². The highest BCUT2D eigenvalue weighted by atomic mass is 14.8. The summed E-state index contributed by atoms with van der Waals surface area (Å²) in [6, 6.07) is 17.1. The maximum absolute atomic E-state index is 4.59. The summed E-state index contributed by atoms with van der Waals surface area (Å²) in [6.07, 6.45) is 17.8. The molecule has 2 atom stereocenters. The van der Waals surface area contributed by atoms with Crippen LogP contribution in [0.1, 0.15) is 60.8 Å². The van der Waals surface area contributed by atoms with Crippen LogP contribution in [0.3, 0.4) is 0 Å². The molecule has 4 aromatic heterocycles. The Morgan fingerprint density at radius 3 is 1.36 bits per heavy atom. The number of nitrogens with zero attached hydrogens (tertiary/aromatic N) is 4. The fraction of sp³-hybridized carbons (Fsp3) is 0.375. The third-order valence-corrected chi connectivity index (χ3v) is 7.68. The van der Waals surface area contributed by atoms with Crippen LogP contribution in [-0.4, -0.2) is 19.9 Å². The van der Waals surface area contributed by atoms with Crippen LogP contribution < -0.4 is 0 Å². The molecule has 0 unspecified atom stereocenters. The van der Waals surface area contributed by atoms with Gasteiger partial charge in [0.25, 0.3) is 0 Å². The molecule has 4 nitrogen and oxygen atoms in total. The lowest BCUT2D eigenvalue weighted by atomic mass is 9.74. The minimum atomic E-state index is 0.798. The topological polar surface area (TPSA) is 51.6 Å². The molecule has 4 heteroatoms. The monoisotopic (exact) mass is 476 g/mol. The highest BCUT2D eigenvalue weighted by Gasteiger charge is 2.24. The lowest BCUT2D eigenvalue weighted by Gasteiger charge is -2.32. The minimum absolute atomic E-state index is 0.798. The van der Waals surface area contributed by atoms with E-state index in [-0.39, 0.29) is 0 Å². The Labute approximate surface area is 215 Å². The van der Waals surface area contributed by atoms with Gasteiger partial charge in [0, 0.05) is 24.8 Å². The summed E-state index contributed by atoms with van der Waals surface area (Å²) in [6.45, 7) is 4.20. The molecule has 0 bridgehead atoms. The Kier molecular flexibility index (Phi) is 7.80. The number of hydrogen-bond acceptors (Lipinski definition) is 4. The third kappa shape index (κ3) is 6.23. The molecule has 0 saturated heterocycles. The molecule has 0 radical (unpaired) electrons.